The molecule has 0 radical (unpaired) electrons. The van der Waals surface area contributed by atoms with E-state index in [-0.39, 0.29) is 11.8 Å². The summed E-state index contributed by atoms with van der Waals surface area (Å²) in [6.07, 6.45) is 4.13. The molecular formula is C8H15N3O2. The van der Waals surface area contributed by atoms with Gasteiger partial charge in [-0.25, -0.2) is 0 Å². The first-order valence-electron chi connectivity index (χ1n) is 3.97. The number of amidine groups is 1. The van der Waals surface area contributed by atoms with E-state index in [2.05, 4.69) is 10.1 Å². The standard InChI is InChI=1S/C8H15N3O2/c1-13-8(12)3-2-5-11-6-4-7(9)10/h4,6,11H,2-3,5H2,1H3,(H3,9,10)/b6-4-. The van der Waals surface area contributed by atoms with Crippen molar-refractivity contribution in [2.45, 2.75) is 12.8 Å². The SMILES string of the molecule is COC(=O)CCCN/C=C\C(=N)N. The van der Waals surface area contributed by atoms with Crippen molar-refractivity contribution in [1.29, 1.82) is 5.41 Å². The smallest absolute Gasteiger partial charge is 0.305 e. The fourth-order valence-electron chi connectivity index (χ4n) is 0.669. The normalized spacial score (nSPS) is 9.92. The van der Waals surface area contributed by atoms with Gasteiger partial charge in [-0.1, -0.05) is 0 Å². The van der Waals surface area contributed by atoms with Crippen LogP contribution >= 0.6 is 0 Å². The van der Waals surface area contributed by atoms with Crippen LogP contribution in [0.15, 0.2) is 12.3 Å². The maximum Gasteiger partial charge on any atom is 0.305 e. The van der Waals surface area contributed by atoms with Gasteiger partial charge < -0.3 is 15.8 Å². The van der Waals surface area contributed by atoms with E-state index in [1.807, 2.05) is 0 Å². The third-order valence-corrected chi connectivity index (χ3v) is 1.31. The largest absolute Gasteiger partial charge is 0.469 e. The Morgan fingerprint density at radius 2 is 2.38 bits per heavy atom. The van der Waals surface area contributed by atoms with Gasteiger partial charge >= 0.3 is 5.97 Å². The lowest BCUT2D eigenvalue weighted by molar-refractivity contribution is -0.140. The first kappa shape index (κ1) is 11.5. The van der Waals surface area contributed by atoms with Crippen LogP contribution < -0.4 is 11.1 Å². The number of nitrogens with two attached hydrogens (primary N) is 1. The highest BCUT2D eigenvalue weighted by Gasteiger charge is 1.96. The molecule has 0 unspecified atom stereocenters. The highest BCUT2D eigenvalue weighted by atomic mass is 16.5. The third-order valence-electron chi connectivity index (χ3n) is 1.31. The highest BCUT2D eigenvalue weighted by molar-refractivity contribution is 5.88. The van der Waals surface area contributed by atoms with Gasteiger partial charge in [-0.15, -0.1) is 0 Å². The summed E-state index contributed by atoms with van der Waals surface area (Å²) < 4.78 is 4.46. The zero-order valence-electron chi connectivity index (χ0n) is 7.67. The number of ether oxygens (including phenoxy) is 1. The van der Waals surface area contributed by atoms with E-state index in [0.717, 1.165) is 0 Å². The van der Waals surface area contributed by atoms with Gasteiger partial charge in [0.1, 0.15) is 5.84 Å². The Labute approximate surface area is 77.5 Å². The molecule has 0 spiro atoms. The molecule has 4 N–H and O–H groups in total. The van der Waals surface area contributed by atoms with Crippen molar-refractivity contribution in [1.82, 2.24) is 5.32 Å². The molecule has 0 aliphatic carbocycles. The highest BCUT2D eigenvalue weighted by Crippen LogP contribution is 1.89. The molecule has 5 heteroatoms. The van der Waals surface area contributed by atoms with Crippen LogP contribution in [0.2, 0.25) is 0 Å². The summed E-state index contributed by atoms with van der Waals surface area (Å²) in [5, 5.41) is 9.74. The number of hydrogen-bond donors (Lipinski definition) is 3. The van der Waals surface area contributed by atoms with Crippen molar-refractivity contribution >= 4 is 11.8 Å². The Kier molecular flexibility index (Phi) is 6.31. The Bertz CT molecular complexity index is 202. The van der Waals surface area contributed by atoms with Crippen molar-refractivity contribution in [3.8, 4) is 0 Å². The predicted molar refractivity (Wildman–Crippen MR) is 50.3 cm³/mol. The molecule has 0 saturated heterocycles. The molecule has 0 atom stereocenters. The van der Waals surface area contributed by atoms with Crippen molar-refractivity contribution in [2.24, 2.45) is 5.73 Å². The van der Waals surface area contributed by atoms with E-state index in [0.29, 0.717) is 19.4 Å². The van der Waals surface area contributed by atoms with Crippen LogP contribution in [0.3, 0.4) is 0 Å². The summed E-state index contributed by atoms with van der Waals surface area (Å²) in [4.78, 5) is 10.6. The van der Waals surface area contributed by atoms with Gasteiger partial charge in [-0.05, 0) is 12.5 Å². The first-order valence-corrected chi connectivity index (χ1v) is 3.97. The number of methoxy groups -OCH3 is 1. The first-order chi connectivity index (χ1) is 6.16. The summed E-state index contributed by atoms with van der Waals surface area (Å²) >= 11 is 0. The number of carbonyl (C=O) groups excluding carboxylic acids is 1. The molecule has 5 nitrogen and oxygen atoms in total. The molecule has 0 rings (SSSR count). The minimum absolute atomic E-state index is 0.000433. The zero-order valence-corrected chi connectivity index (χ0v) is 7.67. The van der Waals surface area contributed by atoms with E-state index >= 15 is 0 Å². The van der Waals surface area contributed by atoms with Crippen molar-refractivity contribution in [3.63, 3.8) is 0 Å². The van der Waals surface area contributed by atoms with Gasteiger partial charge in [0.15, 0.2) is 0 Å². The molecule has 0 aromatic heterocycles. The van der Waals surface area contributed by atoms with Gasteiger partial charge in [-0.3, -0.25) is 10.2 Å². The third kappa shape index (κ3) is 8.39. The monoisotopic (exact) mass is 185 g/mol. The molecule has 0 bridgehead atoms. The quantitative estimate of drug-likeness (QED) is 0.235. The minimum Gasteiger partial charge on any atom is -0.469 e. The van der Waals surface area contributed by atoms with Crippen LogP contribution in [0, 0.1) is 5.41 Å². The van der Waals surface area contributed by atoms with E-state index in [1.165, 1.54) is 13.2 Å². The lowest BCUT2D eigenvalue weighted by Gasteiger charge is -1.99. The van der Waals surface area contributed by atoms with Crippen LogP contribution in [-0.4, -0.2) is 25.5 Å². The average molecular weight is 185 g/mol. The molecule has 74 valence electrons. The van der Waals surface area contributed by atoms with E-state index < -0.39 is 0 Å². The van der Waals surface area contributed by atoms with Crippen LogP contribution in [0.25, 0.3) is 0 Å². The Balaban J connectivity index is 3.26. The van der Waals surface area contributed by atoms with Gasteiger partial charge in [-0.2, -0.15) is 0 Å². The Morgan fingerprint density at radius 1 is 1.69 bits per heavy atom. The molecule has 0 saturated carbocycles. The van der Waals surface area contributed by atoms with E-state index in [9.17, 15) is 4.79 Å². The fourth-order valence-corrected chi connectivity index (χ4v) is 0.669. The van der Waals surface area contributed by atoms with Crippen LogP contribution in [0.1, 0.15) is 12.8 Å². The molecule has 0 aromatic rings. The molecule has 0 aromatic carbocycles. The number of nitrogens with one attached hydrogen (secondary N) is 2. The Hall–Kier alpha value is -1.52. The minimum atomic E-state index is -0.211. The molecular weight excluding hydrogens is 170 g/mol. The Morgan fingerprint density at radius 3 is 2.92 bits per heavy atom. The van der Waals surface area contributed by atoms with Crippen LogP contribution in [-0.2, 0) is 9.53 Å². The van der Waals surface area contributed by atoms with Gasteiger partial charge in [0.25, 0.3) is 0 Å². The van der Waals surface area contributed by atoms with Crippen LogP contribution in [0.4, 0.5) is 0 Å². The van der Waals surface area contributed by atoms with Crippen molar-refractivity contribution < 1.29 is 9.53 Å². The molecule has 0 aliphatic rings. The summed E-state index contributed by atoms with van der Waals surface area (Å²) in [5.74, 6) is -0.210. The molecule has 0 heterocycles. The lowest BCUT2D eigenvalue weighted by atomic mass is 10.3. The second kappa shape index (κ2) is 7.15. The predicted octanol–water partition coefficient (Wildman–Crippen LogP) is -0.0211. The lowest BCUT2D eigenvalue weighted by Crippen LogP contribution is -2.12. The molecule has 0 amide bonds. The summed E-state index contributed by atoms with van der Waals surface area (Å²) in [6, 6.07) is 0. The summed E-state index contributed by atoms with van der Waals surface area (Å²) in [5.41, 5.74) is 5.06. The number of carbonyl (C=O) groups is 1. The van der Waals surface area contributed by atoms with E-state index in [1.54, 1.807) is 6.20 Å². The molecule has 0 fully saturated rings. The van der Waals surface area contributed by atoms with E-state index in [4.69, 9.17) is 11.1 Å². The maximum atomic E-state index is 10.6. The molecule has 0 aliphatic heterocycles. The van der Waals surface area contributed by atoms with Gasteiger partial charge in [0.05, 0.1) is 7.11 Å². The maximum absolute atomic E-state index is 10.6. The van der Waals surface area contributed by atoms with Crippen molar-refractivity contribution in [3.05, 3.63) is 12.3 Å². The van der Waals surface area contributed by atoms with Gasteiger partial charge in [0.2, 0.25) is 0 Å². The number of esters is 1. The van der Waals surface area contributed by atoms with Crippen molar-refractivity contribution in [2.75, 3.05) is 13.7 Å². The van der Waals surface area contributed by atoms with Crippen LogP contribution in [0.5, 0.6) is 0 Å². The average Bonchev–Trinajstić information content (AvgIpc) is 2.10. The number of hydrogen-bond acceptors (Lipinski definition) is 4. The summed E-state index contributed by atoms with van der Waals surface area (Å²) in [6.45, 7) is 0.666. The molecule has 13 heavy (non-hydrogen) atoms. The topological polar surface area (TPSA) is 88.2 Å². The summed E-state index contributed by atoms with van der Waals surface area (Å²) in [7, 11) is 1.37. The fraction of sp³-hybridized carbons (Fsp3) is 0.500. The van der Waals surface area contributed by atoms with Gasteiger partial charge in [0, 0.05) is 19.2 Å². The second-order valence-corrected chi connectivity index (χ2v) is 2.42. The number of rotatable bonds is 6. The zero-order chi connectivity index (χ0) is 10.1. The second-order valence-electron chi connectivity index (χ2n) is 2.42.